The summed E-state index contributed by atoms with van der Waals surface area (Å²) in [4.78, 5) is 11.7. The Labute approximate surface area is 218 Å². The van der Waals surface area contributed by atoms with Crippen LogP contribution >= 0.6 is 31.9 Å². The Morgan fingerprint density at radius 2 is 1.62 bits per heavy atom. The molecule has 7 nitrogen and oxygen atoms in total. The van der Waals surface area contributed by atoms with E-state index >= 15 is 0 Å². The summed E-state index contributed by atoms with van der Waals surface area (Å²) in [6.07, 6.45) is 4.11. The molecule has 1 fully saturated rings. The third-order valence-electron chi connectivity index (χ3n) is 6.29. The van der Waals surface area contributed by atoms with Gasteiger partial charge in [-0.2, -0.15) is 4.98 Å². The monoisotopic (exact) mass is 609 g/mol. The quantitative estimate of drug-likeness (QED) is 0.354. The first-order chi connectivity index (χ1) is 16.2. The molecule has 34 heavy (non-hydrogen) atoms. The lowest BCUT2D eigenvalue weighted by Gasteiger charge is -2.28. The Bertz CT molecular complexity index is 1260. The van der Waals surface area contributed by atoms with Crippen LogP contribution in [0.5, 0.6) is 0 Å². The van der Waals surface area contributed by atoms with Gasteiger partial charge >= 0.3 is 0 Å². The number of para-hydroxylation sites is 1. The van der Waals surface area contributed by atoms with E-state index in [-0.39, 0.29) is 4.90 Å². The van der Waals surface area contributed by atoms with Crippen LogP contribution < -0.4 is 14.9 Å². The van der Waals surface area contributed by atoms with Crippen LogP contribution in [0.2, 0.25) is 0 Å². The normalized spacial score (nSPS) is 18.7. The van der Waals surface area contributed by atoms with Gasteiger partial charge in [-0.05, 0) is 99.7 Å². The van der Waals surface area contributed by atoms with E-state index in [0.717, 1.165) is 57.9 Å². The number of benzene rings is 2. The molecule has 0 atom stereocenters. The molecule has 1 aromatic heterocycles. The SMILES string of the molecule is CN(C)c1nc(NCC2CCC(CNS(=O)(=O)c3ccc(Br)c(Br)c3)CC2)nc2ccccc12. The van der Waals surface area contributed by atoms with Gasteiger partial charge < -0.3 is 10.2 Å². The number of fused-ring (bicyclic) bond motifs is 1. The number of nitrogens with one attached hydrogen (secondary N) is 2. The zero-order chi connectivity index (χ0) is 24.3. The van der Waals surface area contributed by atoms with E-state index in [2.05, 4.69) is 46.9 Å². The summed E-state index contributed by atoms with van der Waals surface area (Å²) >= 11 is 6.74. The molecule has 0 aliphatic heterocycles. The zero-order valence-electron chi connectivity index (χ0n) is 19.3. The lowest BCUT2D eigenvalue weighted by Crippen LogP contribution is -2.32. The molecular formula is C24H29Br2N5O2S. The highest BCUT2D eigenvalue weighted by Gasteiger charge is 2.24. The third-order valence-corrected chi connectivity index (χ3v) is 9.59. The van der Waals surface area contributed by atoms with Crippen molar-refractivity contribution in [1.82, 2.24) is 14.7 Å². The van der Waals surface area contributed by atoms with Crippen molar-refractivity contribution >= 4 is 64.6 Å². The highest BCUT2D eigenvalue weighted by Crippen LogP contribution is 2.30. The van der Waals surface area contributed by atoms with Gasteiger partial charge in [-0.3, -0.25) is 0 Å². The van der Waals surface area contributed by atoms with Crippen molar-refractivity contribution in [3.05, 3.63) is 51.4 Å². The van der Waals surface area contributed by atoms with Crippen LogP contribution in [-0.2, 0) is 10.0 Å². The van der Waals surface area contributed by atoms with Gasteiger partial charge in [0.15, 0.2) is 0 Å². The maximum Gasteiger partial charge on any atom is 0.240 e. The van der Waals surface area contributed by atoms with Gasteiger partial charge in [-0.25, -0.2) is 18.1 Å². The van der Waals surface area contributed by atoms with E-state index in [1.54, 1.807) is 18.2 Å². The standard InChI is InChI=1S/C24H29Br2N5O2S/c1-31(2)23-19-5-3-4-6-22(19)29-24(30-23)27-14-16-7-9-17(10-8-16)15-28-34(32,33)18-11-12-20(25)21(26)13-18/h3-6,11-13,16-17,28H,7-10,14-15H2,1-2H3,(H,27,29,30). The summed E-state index contributed by atoms with van der Waals surface area (Å²) in [5, 5.41) is 4.47. The van der Waals surface area contributed by atoms with Gasteiger partial charge in [-0.15, -0.1) is 0 Å². The number of hydrogen-bond acceptors (Lipinski definition) is 6. The smallest absolute Gasteiger partial charge is 0.240 e. The van der Waals surface area contributed by atoms with Crippen LogP contribution in [-0.4, -0.2) is 45.6 Å². The number of sulfonamides is 1. The highest BCUT2D eigenvalue weighted by atomic mass is 79.9. The van der Waals surface area contributed by atoms with E-state index in [0.29, 0.717) is 24.3 Å². The van der Waals surface area contributed by atoms with Crippen molar-refractivity contribution in [3.63, 3.8) is 0 Å². The van der Waals surface area contributed by atoms with Crippen LogP contribution in [0.4, 0.5) is 11.8 Å². The van der Waals surface area contributed by atoms with Gasteiger partial charge in [0, 0.05) is 41.5 Å². The van der Waals surface area contributed by atoms with Crippen LogP contribution in [0.15, 0.2) is 56.3 Å². The van der Waals surface area contributed by atoms with E-state index in [4.69, 9.17) is 4.98 Å². The molecule has 10 heteroatoms. The Morgan fingerprint density at radius 1 is 0.941 bits per heavy atom. The fraction of sp³-hybridized carbons (Fsp3) is 0.417. The van der Waals surface area contributed by atoms with Crippen LogP contribution in [0.25, 0.3) is 10.9 Å². The number of rotatable bonds is 8. The number of halogens is 2. The molecule has 1 aliphatic rings. The number of hydrogen-bond donors (Lipinski definition) is 2. The number of nitrogens with zero attached hydrogens (tertiary/aromatic N) is 3. The predicted octanol–water partition coefficient (Wildman–Crippen LogP) is 5.42. The van der Waals surface area contributed by atoms with Gasteiger partial charge in [0.1, 0.15) is 5.82 Å². The van der Waals surface area contributed by atoms with E-state index in [1.807, 2.05) is 43.3 Å². The largest absolute Gasteiger partial charge is 0.362 e. The van der Waals surface area contributed by atoms with E-state index in [9.17, 15) is 8.42 Å². The molecule has 1 aliphatic carbocycles. The molecule has 3 aromatic rings. The van der Waals surface area contributed by atoms with Gasteiger partial charge in [-0.1, -0.05) is 12.1 Å². The summed E-state index contributed by atoms with van der Waals surface area (Å²) < 4.78 is 29.6. The summed E-state index contributed by atoms with van der Waals surface area (Å²) in [5.41, 5.74) is 0.928. The maximum atomic E-state index is 12.7. The molecule has 4 rings (SSSR count). The lowest BCUT2D eigenvalue weighted by atomic mass is 9.82. The van der Waals surface area contributed by atoms with Crippen molar-refractivity contribution in [2.75, 3.05) is 37.4 Å². The minimum atomic E-state index is -3.52. The summed E-state index contributed by atoms with van der Waals surface area (Å²) in [7, 11) is 0.458. The fourth-order valence-corrected chi connectivity index (χ4v) is 6.23. The molecule has 1 saturated carbocycles. The summed E-state index contributed by atoms with van der Waals surface area (Å²) in [5.74, 6) is 2.43. The van der Waals surface area contributed by atoms with Gasteiger partial charge in [0.25, 0.3) is 0 Å². The van der Waals surface area contributed by atoms with Crippen molar-refractivity contribution < 1.29 is 8.42 Å². The first-order valence-electron chi connectivity index (χ1n) is 11.4. The second kappa shape index (κ2) is 10.9. The summed E-state index contributed by atoms with van der Waals surface area (Å²) in [6.45, 7) is 1.28. The molecular weight excluding hydrogens is 582 g/mol. The second-order valence-corrected chi connectivity index (χ2v) is 12.5. The van der Waals surface area contributed by atoms with Crippen LogP contribution in [0.1, 0.15) is 25.7 Å². The van der Waals surface area contributed by atoms with Crippen molar-refractivity contribution in [3.8, 4) is 0 Å². The Balaban J connectivity index is 1.29. The van der Waals surface area contributed by atoms with Crippen molar-refractivity contribution in [2.24, 2.45) is 11.8 Å². The summed E-state index contributed by atoms with van der Waals surface area (Å²) in [6, 6.07) is 13.0. The zero-order valence-corrected chi connectivity index (χ0v) is 23.2. The first-order valence-corrected chi connectivity index (χ1v) is 14.4. The van der Waals surface area contributed by atoms with E-state index in [1.165, 1.54) is 0 Å². The highest BCUT2D eigenvalue weighted by molar-refractivity contribution is 9.13. The topological polar surface area (TPSA) is 87.2 Å². The molecule has 0 saturated heterocycles. The van der Waals surface area contributed by atoms with Crippen LogP contribution in [0, 0.1) is 11.8 Å². The molecule has 0 spiro atoms. The second-order valence-electron chi connectivity index (χ2n) is 8.98. The Hall–Kier alpha value is -1.75. The van der Waals surface area contributed by atoms with Gasteiger partial charge in [0.2, 0.25) is 16.0 Å². The predicted molar refractivity (Wildman–Crippen MR) is 145 cm³/mol. The molecule has 182 valence electrons. The maximum absolute atomic E-state index is 12.7. The van der Waals surface area contributed by atoms with Crippen LogP contribution in [0.3, 0.4) is 0 Å². The van der Waals surface area contributed by atoms with Crippen molar-refractivity contribution in [1.29, 1.82) is 0 Å². The molecule has 1 heterocycles. The number of aromatic nitrogens is 2. The molecule has 0 radical (unpaired) electrons. The average Bonchev–Trinajstić information content (AvgIpc) is 2.83. The molecule has 0 amide bonds. The molecule has 2 aromatic carbocycles. The first kappa shape index (κ1) is 25.3. The Morgan fingerprint density at radius 3 is 2.29 bits per heavy atom. The lowest BCUT2D eigenvalue weighted by molar-refractivity contribution is 0.284. The minimum Gasteiger partial charge on any atom is -0.362 e. The van der Waals surface area contributed by atoms with Gasteiger partial charge in [0.05, 0.1) is 10.4 Å². The minimum absolute atomic E-state index is 0.271. The molecule has 0 unspecified atom stereocenters. The number of anilines is 2. The molecule has 2 N–H and O–H groups in total. The fourth-order valence-electron chi connectivity index (χ4n) is 4.31. The third kappa shape index (κ3) is 6.08. The Kier molecular flexibility index (Phi) is 8.12. The van der Waals surface area contributed by atoms with Crippen molar-refractivity contribution in [2.45, 2.75) is 30.6 Å². The van der Waals surface area contributed by atoms with E-state index < -0.39 is 10.0 Å². The average molecular weight is 611 g/mol. The molecule has 0 bridgehead atoms.